The van der Waals surface area contributed by atoms with Gasteiger partial charge < -0.3 is 10.2 Å². The monoisotopic (exact) mass is 238 g/mol. The highest BCUT2D eigenvalue weighted by atomic mass is 16.2. The van der Waals surface area contributed by atoms with Crippen molar-refractivity contribution in [3.8, 4) is 0 Å². The molecule has 1 atom stereocenters. The molecule has 1 unspecified atom stereocenters. The van der Waals surface area contributed by atoms with Crippen LogP contribution in [0.1, 0.15) is 45.4 Å². The molecule has 0 aromatic heterocycles. The molecule has 1 N–H and O–H groups in total. The lowest BCUT2D eigenvalue weighted by Crippen LogP contribution is -2.34. The zero-order valence-corrected chi connectivity index (χ0v) is 11.1. The zero-order chi connectivity index (χ0) is 12.5. The number of likely N-dealkylation sites (tertiary alicyclic amines) is 1. The van der Waals surface area contributed by atoms with E-state index in [1.54, 1.807) is 0 Å². The molecule has 2 rings (SSSR count). The molecular weight excluding hydrogens is 212 g/mol. The van der Waals surface area contributed by atoms with Crippen LogP contribution >= 0.6 is 0 Å². The number of amides is 1. The molecule has 2 saturated heterocycles. The van der Waals surface area contributed by atoms with Crippen molar-refractivity contribution in [2.75, 3.05) is 19.6 Å². The number of hydrogen-bond acceptors (Lipinski definition) is 2. The highest BCUT2D eigenvalue weighted by molar-refractivity contribution is 5.86. The summed E-state index contributed by atoms with van der Waals surface area (Å²) in [5.74, 6) is 0.0831. The molecular formula is C14H26N2O. The van der Waals surface area contributed by atoms with Crippen molar-refractivity contribution in [1.82, 2.24) is 10.2 Å². The summed E-state index contributed by atoms with van der Waals surface area (Å²) < 4.78 is 0. The fourth-order valence-corrected chi connectivity index (χ4v) is 2.27. The fraction of sp³-hybridized carbons (Fsp3) is 0.786. The second-order valence-corrected chi connectivity index (χ2v) is 4.94. The van der Waals surface area contributed by atoms with Crippen LogP contribution in [-0.4, -0.2) is 36.5 Å². The SMILES string of the molecule is C=CC(=O)N1CCCCC1.CC1CCCCN1. The average molecular weight is 238 g/mol. The Bertz CT molecular complexity index is 228. The molecule has 2 aliphatic heterocycles. The van der Waals surface area contributed by atoms with Gasteiger partial charge in [0, 0.05) is 19.1 Å². The van der Waals surface area contributed by atoms with Crippen LogP contribution in [0.15, 0.2) is 12.7 Å². The molecule has 17 heavy (non-hydrogen) atoms. The van der Waals surface area contributed by atoms with E-state index in [0.29, 0.717) is 0 Å². The molecule has 3 nitrogen and oxygen atoms in total. The van der Waals surface area contributed by atoms with Crippen molar-refractivity contribution >= 4 is 5.91 Å². The van der Waals surface area contributed by atoms with Crippen LogP contribution in [0.2, 0.25) is 0 Å². The number of carbonyl (C=O) groups is 1. The first-order valence-electron chi connectivity index (χ1n) is 6.88. The summed E-state index contributed by atoms with van der Waals surface area (Å²) in [5.41, 5.74) is 0. The fourth-order valence-electron chi connectivity index (χ4n) is 2.27. The molecule has 0 bridgehead atoms. The van der Waals surface area contributed by atoms with E-state index in [1.807, 2.05) is 4.90 Å². The molecule has 0 aromatic rings. The number of nitrogens with one attached hydrogen (secondary N) is 1. The maximum absolute atomic E-state index is 11.0. The van der Waals surface area contributed by atoms with E-state index in [0.717, 1.165) is 32.0 Å². The molecule has 0 saturated carbocycles. The molecule has 0 aromatic carbocycles. The van der Waals surface area contributed by atoms with Gasteiger partial charge in [0.15, 0.2) is 0 Å². The number of carbonyl (C=O) groups excluding carboxylic acids is 1. The highest BCUT2D eigenvalue weighted by Crippen LogP contribution is 2.08. The van der Waals surface area contributed by atoms with Gasteiger partial charge in [-0.05, 0) is 51.6 Å². The second kappa shape index (κ2) is 8.29. The van der Waals surface area contributed by atoms with Crippen molar-refractivity contribution in [2.24, 2.45) is 0 Å². The van der Waals surface area contributed by atoms with E-state index in [2.05, 4.69) is 18.8 Å². The molecule has 0 spiro atoms. The number of hydrogen-bond donors (Lipinski definition) is 1. The Morgan fingerprint density at radius 1 is 1.24 bits per heavy atom. The van der Waals surface area contributed by atoms with Crippen molar-refractivity contribution in [1.29, 1.82) is 0 Å². The lowest BCUT2D eigenvalue weighted by atomic mass is 10.1. The normalized spacial score (nSPS) is 24.5. The average Bonchev–Trinajstić information content (AvgIpc) is 2.40. The van der Waals surface area contributed by atoms with Crippen LogP contribution in [0.5, 0.6) is 0 Å². The van der Waals surface area contributed by atoms with Gasteiger partial charge in [-0.15, -0.1) is 0 Å². The maximum atomic E-state index is 11.0. The first-order valence-corrected chi connectivity index (χ1v) is 6.88. The Kier molecular flexibility index (Phi) is 6.94. The van der Waals surface area contributed by atoms with Crippen LogP contribution in [0, 0.1) is 0 Å². The quantitative estimate of drug-likeness (QED) is 0.711. The standard InChI is InChI=1S/C8H13NO.C6H13N/c1-2-8(10)9-6-4-3-5-7-9;1-6-4-2-3-5-7-6/h2H,1,3-7H2;6-7H,2-5H2,1H3. The summed E-state index contributed by atoms with van der Waals surface area (Å²) in [7, 11) is 0. The lowest BCUT2D eigenvalue weighted by Gasteiger charge is -2.25. The predicted octanol–water partition coefficient (Wildman–Crippen LogP) is 2.33. The molecule has 3 heteroatoms. The van der Waals surface area contributed by atoms with Crippen LogP contribution in [-0.2, 0) is 4.79 Å². The summed E-state index contributed by atoms with van der Waals surface area (Å²) in [4.78, 5) is 12.8. The molecule has 98 valence electrons. The van der Waals surface area contributed by atoms with Gasteiger partial charge in [0.05, 0.1) is 0 Å². The summed E-state index contributed by atoms with van der Waals surface area (Å²) in [6.45, 7) is 8.77. The smallest absolute Gasteiger partial charge is 0.245 e. The number of rotatable bonds is 1. The third-order valence-corrected chi connectivity index (χ3v) is 3.40. The van der Waals surface area contributed by atoms with E-state index in [1.165, 1.54) is 38.3 Å². The zero-order valence-electron chi connectivity index (χ0n) is 11.1. The van der Waals surface area contributed by atoms with Crippen molar-refractivity contribution in [3.63, 3.8) is 0 Å². The summed E-state index contributed by atoms with van der Waals surface area (Å²) >= 11 is 0. The van der Waals surface area contributed by atoms with Crippen LogP contribution in [0.25, 0.3) is 0 Å². The molecule has 0 aliphatic carbocycles. The minimum Gasteiger partial charge on any atom is -0.339 e. The molecule has 2 aliphatic rings. The van der Waals surface area contributed by atoms with Gasteiger partial charge in [0.25, 0.3) is 0 Å². The van der Waals surface area contributed by atoms with E-state index >= 15 is 0 Å². The van der Waals surface area contributed by atoms with Gasteiger partial charge in [-0.2, -0.15) is 0 Å². The third kappa shape index (κ3) is 5.87. The van der Waals surface area contributed by atoms with E-state index < -0.39 is 0 Å². The van der Waals surface area contributed by atoms with E-state index in [4.69, 9.17) is 0 Å². The summed E-state index contributed by atoms with van der Waals surface area (Å²) in [5, 5.41) is 3.38. The van der Waals surface area contributed by atoms with Crippen LogP contribution in [0.4, 0.5) is 0 Å². The first kappa shape index (κ1) is 14.2. The van der Waals surface area contributed by atoms with Gasteiger partial charge in [-0.25, -0.2) is 0 Å². The molecule has 2 heterocycles. The topological polar surface area (TPSA) is 32.3 Å². The molecule has 1 amide bonds. The Balaban J connectivity index is 0.000000181. The van der Waals surface area contributed by atoms with Crippen LogP contribution < -0.4 is 5.32 Å². The third-order valence-electron chi connectivity index (χ3n) is 3.40. The van der Waals surface area contributed by atoms with Gasteiger partial charge in [0.2, 0.25) is 5.91 Å². The minimum atomic E-state index is 0.0831. The Labute approximate surface area is 105 Å². The number of piperidine rings is 2. The van der Waals surface area contributed by atoms with Crippen molar-refractivity contribution in [3.05, 3.63) is 12.7 Å². The maximum Gasteiger partial charge on any atom is 0.245 e. The Morgan fingerprint density at radius 3 is 2.35 bits per heavy atom. The van der Waals surface area contributed by atoms with Gasteiger partial charge in [-0.3, -0.25) is 4.79 Å². The van der Waals surface area contributed by atoms with E-state index in [9.17, 15) is 4.79 Å². The second-order valence-electron chi connectivity index (χ2n) is 4.94. The summed E-state index contributed by atoms with van der Waals surface area (Å²) in [6, 6.07) is 0.786. The lowest BCUT2D eigenvalue weighted by molar-refractivity contribution is -0.126. The molecule has 2 fully saturated rings. The van der Waals surface area contributed by atoms with Gasteiger partial charge >= 0.3 is 0 Å². The van der Waals surface area contributed by atoms with Gasteiger partial charge in [0.1, 0.15) is 0 Å². The van der Waals surface area contributed by atoms with Crippen LogP contribution in [0.3, 0.4) is 0 Å². The Hall–Kier alpha value is -0.830. The minimum absolute atomic E-state index is 0.0831. The number of nitrogens with zero attached hydrogens (tertiary/aromatic N) is 1. The van der Waals surface area contributed by atoms with Crippen molar-refractivity contribution < 1.29 is 4.79 Å². The van der Waals surface area contributed by atoms with E-state index in [-0.39, 0.29) is 5.91 Å². The first-order chi connectivity index (χ1) is 8.24. The summed E-state index contributed by atoms with van der Waals surface area (Å²) in [6.07, 6.45) is 9.14. The van der Waals surface area contributed by atoms with Gasteiger partial charge in [-0.1, -0.05) is 13.0 Å². The predicted molar refractivity (Wildman–Crippen MR) is 71.9 cm³/mol. The largest absolute Gasteiger partial charge is 0.339 e. The highest BCUT2D eigenvalue weighted by Gasteiger charge is 2.12. The van der Waals surface area contributed by atoms with Crippen molar-refractivity contribution in [2.45, 2.75) is 51.5 Å². The molecule has 0 radical (unpaired) electrons. The Morgan fingerprint density at radius 2 is 1.94 bits per heavy atom.